The molecule has 0 aliphatic carbocycles. The Bertz CT molecular complexity index is 398. The van der Waals surface area contributed by atoms with E-state index in [1.54, 1.807) is 0 Å². The van der Waals surface area contributed by atoms with E-state index in [1.807, 2.05) is 0 Å². The topological polar surface area (TPSA) is 56.7 Å². The summed E-state index contributed by atoms with van der Waals surface area (Å²) in [7, 11) is 0. The van der Waals surface area contributed by atoms with E-state index in [0.29, 0.717) is 0 Å². The highest BCUT2D eigenvalue weighted by molar-refractivity contribution is 7.80. The molecule has 0 aliphatic heterocycles. The Morgan fingerprint density at radius 3 is 2.38 bits per heavy atom. The maximum atomic E-state index is 12.5. The van der Waals surface area contributed by atoms with Crippen molar-refractivity contribution in [1.82, 2.24) is 15.0 Å². The molecule has 0 aliphatic rings. The zero-order valence-corrected chi connectivity index (χ0v) is 8.32. The lowest BCUT2D eigenvalue weighted by molar-refractivity contribution is -0.145. The van der Waals surface area contributed by atoms with Gasteiger partial charge in [-0.05, 0) is 0 Å². The Morgan fingerprint density at radius 2 is 2.00 bits per heavy atom. The number of nitrogens with two attached hydrogens (primary N) is 1. The van der Waals surface area contributed by atoms with Gasteiger partial charge in [-0.2, -0.15) is 13.2 Å². The molecule has 1 aromatic heterocycles. The third-order valence-electron chi connectivity index (χ3n) is 1.55. The number of halogens is 5. The molecule has 0 atom stereocenters. The average Bonchev–Trinajstić information content (AvgIpc) is 2.45. The number of hydrogen-bond acceptors (Lipinski definition) is 3. The van der Waals surface area contributed by atoms with Gasteiger partial charge in [-0.1, -0.05) is 17.4 Å². The van der Waals surface area contributed by atoms with E-state index in [2.05, 4.69) is 22.5 Å². The van der Waals surface area contributed by atoms with Crippen LogP contribution < -0.4 is 5.73 Å². The molecule has 0 saturated carbocycles. The van der Waals surface area contributed by atoms with Crippen LogP contribution in [0.5, 0.6) is 0 Å². The molecule has 0 saturated heterocycles. The van der Waals surface area contributed by atoms with Gasteiger partial charge < -0.3 is 5.73 Å². The molecule has 4 nitrogen and oxygen atoms in total. The van der Waals surface area contributed by atoms with Crippen molar-refractivity contribution < 1.29 is 22.0 Å². The van der Waals surface area contributed by atoms with Crippen molar-refractivity contribution in [3.8, 4) is 0 Å². The van der Waals surface area contributed by atoms with Gasteiger partial charge in [0, 0.05) is 0 Å². The SMILES string of the molecule is NC(=S)c1nnn(CC(F)F)c1C(F)(F)F. The molecule has 0 radical (unpaired) electrons. The summed E-state index contributed by atoms with van der Waals surface area (Å²) in [5.74, 6) is 0. The monoisotopic (exact) mass is 260 g/mol. The first-order chi connectivity index (χ1) is 7.23. The van der Waals surface area contributed by atoms with Gasteiger partial charge in [0.2, 0.25) is 0 Å². The van der Waals surface area contributed by atoms with Crippen LogP contribution in [0.2, 0.25) is 0 Å². The summed E-state index contributed by atoms with van der Waals surface area (Å²) in [6.07, 6.45) is -7.88. The van der Waals surface area contributed by atoms with Crippen molar-refractivity contribution in [1.29, 1.82) is 0 Å². The summed E-state index contributed by atoms with van der Waals surface area (Å²) in [6.45, 7) is -1.22. The van der Waals surface area contributed by atoms with Crippen molar-refractivity contribution in [3.05, 3.63) is 11.4 Å². The molecule has 0 fully saturated rings. The van der Waals surface area contributed by atoms with Gasteiger partial charge in [0.1, 0.15) is 11.5 Å². The quantitative estimate of drug-likeness (QED) is 0.655. The summed E-state index contributed by atoms with van der Waals surface area (Å²) < 4.78 is 61.5. The molecule has 1 aromatic rings. The predicted octanol–water partition coefficient (Wildman–Crippen LogP) is 1.20. The van der Waals surface area contributed by atoms with E-state index in [9.17, 15) is 22.0 Å². The largest absolute Gasteiger partial charge is 0.435 e. The lowest BCUT2D eigenvalue weighted by Crippen LogP contribution is -2.22. The van der Waals surface area contributed by atoms with Crippen LogP contribution >= 0.6 is 12.2 Å². The number of thiocarbonyl (C=S) groups is 1. The van der Waals surface area contributed by atoms with E-state index >= 15 is 0 Å². The molecule has 1 heterocycles. The molecule has 0 spiro atoms. The molecule has 0 unspecified atom stereocenters. The number of hydrogen-bond donors (Lipinski definition) is 1. The molecular weight excluding hydrogens is 255 g/mol. The van der Waals surface area contributed by atoms with Crippen LogP contribution in [0.15, 0.2) is 0 Å². The average molecular weight is 260 g/mol. The van der Waals surface area contributed by atoms with E-state index < -0.39 is 35.5 Å². The Labute approximate surface area is 91.2 Å². The Kier molecular flexibility index (Phi) is 3.41. The molecule has 90 valence electrons. The summed E-state index contributed by atoms with van der Waals surface area (Å²) >= 11 is 4.32. The standard InChI is InChI=1S/C6H5F5N4S/c7-2(8)1-15-4(6(9,10)11)3(5(12)16)13-14-15/h2H,1H2,(H2,12,16). The fourth-order valence-electron chi connectivity index (χ4n) is 1.02. The molecule has 1 rings (SSSR count). The highest BCUT2D eigenvalue weighted by atomic mass is 32.1. The highest BCUT2D eigenvalue weighted by Gasteiger charge is 2.40. The van der Waals surface area contributed by atoms with Crippen LogP contribution in [0.1, 0.15) is 11.4 Å². The smallest absolute Gasteiger partial charge is 0.388 e. The van der Waals surface area contributed by atoms with Gasteiger partial charge in [0.25, 0.3) is 6.43 Å². The molecule has 2 N–H and O–H groups in total. The maximum absolute atomic E-state index is 12.5. The second-order valence-electron chi connectivity index (χ2n) is 2.72. The number of nitrogens with zero attached hydrogens (tertiary/aromatic N) is 3. The van der Waals surface area contributed by atoms with E-state index in [4.69, 9.17) is 5.73 Å². The first-order valence-electron chi connectivity index (χ1n) is 3.82. The van der Waals surface area contributed by atoms with Crippen LogP contribution in [0.4, 0.5) is 22.0 Å². The van der Waals surface area contributed by atoms with Crippen molar-refractivity contribution in [3.63, 3.8) is 0 Å². The van der Waals surface area contributed by atoms with Crippen LogP contribution in [0.25, 0.3) is 0 Å². The van der Waals surface area contributed by atoms with Crippen LogP contribution in [-0.4, -0.2) is 26.4 Å². The van der Waals surface area contributed by atoms with Crippen molar-refractivity contribution >= 4 is 17.2 Å². The molecule has 0 bridgehead atoms. The molecule has 0 amide bonds. The van der Waals surface area contributed by atoms with Gasteiger partial charge in [0.15, 0.2) is 11.4 Å². The first-order valence-corrected chi connectivity index (χ1v) is 4.23. The Balaban J connectivity index is 3.25. The summed E-state index contributed by atoms with van der Waals surface area (Å²) in [5.41, 5.74) is 2.72. The van der Waals surface area contributed by atoms with Crippen LogP contribution in [0.3, 0.4) is 0 Å². The van der Waals surface area contributed by atoms with Gasteiger partial charge in [-0.3, -0.25) is 0 Å². The maximum Gasteiger partial charge on any atom is 0.435 e. The Hall–Kier alpha value is -1.32. The van der Waals surface area contributed by atoms with Crippen LogP contribution in [0, 0.1) is 0 Å². The van der Waals surface area contributed by atoms with E-state index in [-0.39, 0.29) is 4.68 Å². The minimum absolute atomic E-state index is 0.0408. The zero-order valence-electron chi connectivity index (χ0n) is 7.50. The normalized spacial score (nSPS) is 12.1. The second-order valence-corrected chi connectivity index (χ2v) is 3.16. The highest BCUT2D eigenvalue weighted by Crippen LogP contribution is 2.31. The first kappa shape index (κ1) is 12.7. The van der Waals surface area contributed by atoms with E-state index in [0.717, 1.165) is 0 Å². The van der Waals surface area contributed by atoms with Gasteiger partial charge in [-0.15, -0.1) is 5.10 Å². The Morgan fingerprint density at radius 1 is 1.44 bits per heavy atom. The molecule has 16 heavy (non-hydrogen) atoms. The molecule has 10 heteroatoms. The van der Waals surface area contributed by atoms with Gasteiger partial charge >= 0.3 is 6.18 Å². The molecule has 0 aromatic carbocycles. The fourth-order valence-corrected chi connectivity index (χ4v) is 1.16. The van der Waals surface area contributed by atoms with Crippen molar-refractivity contribution in [2.75, 3.05) is 0 Å². The fraction of sp³-hybridized carbons (Fsp3) is 0.500. The number of aromatic nitrogens is 3. The van der Waals surface area contributed by atoms with Gasteiger partial charge in [0.05, 0.1) is 0 Å². The van der Waals surface area contributed by atoms with Crippen molar-refractivity contribution in [2.45, 2.75) is 19.1 Å². The van der Waals surface area contributed by atoms with Crippen molar-refractivity contribution in [2.24, 2.45) is 5.73 Å². The number of alkyl halides is 5. The second kappa shape index (κ2) is 4.28. The van der Waals surface area contributed by atoms with Gasteiger partial charge in [-0.25, -0.2) is 13.5 Å². The van der Waals surface area contributed by atoms with Crippen LogP contribution in [-0.2, 0) is 12.7 Å². The van der Waals surface area contributed by atoms with E-state index in [1.165, 1.54) is 0 Å². The molecular formula is C6H5F5N4S. The summed E-state index contributed by atoms with van der Waals surface area (Å²) in [5, 5.41) is 5.97. The minimum atomic E-state index is -4.89. The minimum Gasteiger partial charge on any atom is -0.388 e. The predicted molar refractivity (Wildman–Crippen MR) is 46.9 cm³/mol. The summed E-state index contributed by atoms with van der Waals surface area (Å²) in [6, 6.07) is 0. The third-order valence-corrected chi connectivity index (χ3v) is 1.74. The lowest BCUT2D eigenvalue weighted by Gasteiger charge is -2.09. The number of rotatable bonds is 3. The lowest BCUT2D eigenvalue weighted by atomic mass is 10.3. The third kappa shape index (κ3) is 2.62. The summed E-state index contributed by atoms with van der Waals surface area (Å²) in [4.78, 5) is -0.646. The zero-order chi connectivity index (χ0) is 12.5.